The van der Waals surface area contributed by atoms with Gasteiger partial charge in [-0.1, -0.05) is 37.6 Å². The molecule has 18 heavy (non-hydrogen) atoms. The summed E-state index contributed by atoms with van der Waals surface area (Å²) in [6, 6.07) is 0. The maximum Gasteiger partial charge on any atom is 0.166 e. The Morgan fingerprint density at radius 2 is 1.89 bits per heavy atom. The Hall–Kier alpha value is -0.600. The van der Waals surface area contributed by atoms with Crippen LogP contribution in [0.3, 0.4) is 0 Å². The van der Waals surface area contributed by atoms with Crippen molar-refractivity contribution >= 4 is 0 Å². The first-order valence-electron chi connectivity index (χ1n) is 7.04. The topological polar surface area (TPSA) is 18.5 Å². The lowest BCUT2D eigenvalue weighted by molar-refractivity contribution is -0.145. The molecule has 0 radical (unpaired) electrons. The maximum atomic E-state index is 5.59. The van der Waals surface area contributed by atoms with E-state index in [4.69, 9.17) is 9.47 Å². The Labute approximate surface area is 112 Å². The van der Waals surface area contributed by atoms with E-state index in [9.17, 15) is 0 Å². The fourth-order valence-electron chi connectivity index (χ4n) is 2.03. The zero-order chi connectivity index (χ0) is 13.6. The molecule has 1 saturated heterocycles. The van der Waals surface area contributed by atoms with Crippen molar-refractivity contribution < 1.29 is 9.47 Å². The van der Waals surface area contributed by atoms with Crippen LogP contribution < -0.4 is 0 Å². The average Bonchev–Trinajstić information content (AvgIpc) is 2.73. The Bertz CT molecular complexity index is 296. The van der Waals surface area contributed by atoms with Crippen LogP contribution in [0.4, 0.5) is 0 Å². The minimum absolute atomic E-state index is 0.349. The maximum absolute atomic E-state index is 5.59. The molecular formula is C16H28O2. The Balaban J connectivity index is 2.23. The van der Waals surface area contributed by atoms with E-state index in [-0.39, 0.29) is 5.79 Å². The van der Waals surface area contributed by atoms with Crippen LogP contribution >= 0.6 is 0 Å². The third-order valence-electron chi connectivity index (χ3n) is 3.65. The molecule has 1 aliphatic rings. The lowest BCUT2D eigenvalue weighted by Gasteiger charge is -2.21. The first-order chi connectivity index (χ1) is 8.43. The molecule has 1 rings (SSSR count). The van der Waals surface area contributed by atoms with E-state index < -0.39 is 0 Å². The SMILES string of the molecule is C=C(CCC(C)=CCCC1(C)OCCO1)C(C)C. The standard InChI is InChI=1S/C16H28O2/c1-13(2)15(4)9-8-14(3)7-6-10-16(5)17-11-12-18-16/h7,13H,4,6,8-12H2,1-3,5H3. The Morgan fingerprint density at radius 1 is 1.28 bits per heavy atom. The van der Waals surface area contributed by atoms with Gasteiger partial charge in [-0.3, -0.25) is 0 Å². The van der Waals surface area contributed by atoms with Gasteiger partial charge < -0.3 is 9.47 Å². The molecule has 0 aromatic heterocycles. The zero-order valence-corrected chi connectivity index (χ0v) is 12.4. The third-order valence-corrected chi connectivity index (χ3v) is 3.65. The van der Waals surface area contributed by atoms with Crippen LogP contribution in [0.5, 0.6) is 0 Å². The highest BCUT2D eigenvalue weighted by atomic mass is 16.7. The first kappa shape index (κ1) is 15.5. The zero-order valence-electron chi connectivity index (χ0n) is 12.4. The van der Waals surface area contributed by atoms with Crippen molar-refractivity contribution in [2.75, 3.05) is 13.2 Å². The van der Waals surface area contributed by atoms with E-state index in [2.05, 4.69) is 33.4 Å². The van der Waals surface area contributed by atoms with E-state index in [0.717, 1.165) is 38.9 Å². The van der Waals surface area contributed by atoms with Crippen LogP contribution in [-0.2, 0) is 9.47 Å². The van der Waals surface area contributed by atoms with Crippen molar-refractivity contribution in [2.45, 2.75) is 59.2 Å². The van der Waals surface area contributed by atoms with Gasteiger partial charge in [0.15, 0.2) is 5.79 Å². The molecule has 0 atom stereocenters. The van der Waals surface area contributed by atoms with Crippen molar-refractivity contribution in [1.82, 2.24) is 0 Å². The molecule has 2 nitrogen and oxygen atoms in total. The molecule has 0 amide bonds. The second kappa shape index (κ2) is 7.10. The van der Waals surface area contributed by atoms with Crippen molar-refractivity contribution in [1.29, 1.82) is 0 Å². The smallest absolute Gasteiger partial charge is 0.166 e. The minimum Gasteiger partial charge on any atom is -0.348 e. The van der Waals surface area contributed by atoms with Gasteiger partial charge in [0.1, 0.15) is 0 Å². The van der Waals surface area contributed by atoms with Gasteiger partial charge in [-0.05, 0) is 39.0 Å². The van der Waals surface area contributed by atoms with Crippen LogP contribution in [0.2, 0.25) is 0 Å². The molecule has 1 heterocycles. The van der Waals surface area contributed by atoms with E-state index in [1.165, 1.54) is 11.1 Å². The van der Waals surface area contributed by atoms with E-state index >= 15 is 0 Å². The quantitative estimate of drug-likeness (QED) is 0.622. The fourth-order valence-corrected chi connectivity index (χ4v) is 2.03. The predicted octanol–water partition coefficient (Wildman–Crippen LogP) is 4.47. The molecular weight excluding hydrogens is 224 g/mol. The molecule has 1 fully saturated rings. The van der Waals surface area contributed by atoms with Gasteiger partial charge in [0.25, 0.3) is 0 Å². The lowest BCUT2D eigenvalue weighted by Crippen LogP contribution is -2.24. The van der Waals surface area contributed by atoms with Crippen LogP contribution in [0.15, 0.2) is 23.8 Å². The molecule has 0 spiro atoms. The normalized spacial score (nSPS) is 19.5. The summed E-state index contributed by atoms with van der Waals surface area (Å²) in [7, 11) is 0. The average molecular weight is 252 g/mol. The summed E-state index contributed by atoms with van der Waals surface area (Å²) >= 11 is 0. The summed E-state index contributed by atoms with van der Waals surface area (Å²) in [6.07, 6.45) is 6.50. The van der Waals surface area contributed by atoms with Gasteiger partial charge in [0.2, 0.25) is 0 Å². The van der Waals surface area contributed by atoms with Gasteiger partial charge >= 0.3 is 0 Å². The summed E-state index contributed by atoms with van der Waals surface area (Å²) < 4.78 is 11.2. The van der Waals surface area contributed by atoms with Crippen molar-refractivity contribution in [2.24, 2.45) is 5.92 Å². The van der Waals surface area contributed by atoms with Crippen LogP contribution in [-0.4, -0.2) is 19.0 Å². The summed E-state index contributed by atoms with van der Waals surface area (Å²) in [5.74, 6) is 0.246. The molecule has 0 aromatic carbocycles. The molecule has 0 aliphatic carbocycles. The summed E-state index contributed by atoms with van der Waals surface area (Å²) in [5, 5.41) is 0. The number of ether oxygens (including phenoxy) is 2. The molecule has 0 saturated carbocycles. The molecule has 0 unspecified atom stereocenters. The van der Waals surface area contributed by atoms with Gasteiger partial charge in [-0.15, -0.1) is 0 Å². The van der Waals surface area contributed by atoms with Crippen LogP contribution in [0.1, 0.15) is 53.4 Å². The Kier molecular flexibility index (Phi) is 6.10. The highest BCUT2D eigenvalue weighted by Crippen LogP contribution is 2.25. The van der Waals surface area contributed by atoms with Gasteiger partial charge in [-0.2, -0.15) is 0 Å². The molecule has 0 N–H and O–H groups in total. The first-order valence-corrected chi connectivity index (χ1v) is 7.04. The van der Waals surface area contributed by atoms with E-state index in [1.54, 1.807) is 0 Å². The third kappa shape index (κ3) is 5.36. The van der Waals surface area contributed by atoms with E-state index in [0.29, 0.717) is 5.92 Å². The molecule has 2 heteroatoms. The second-order valence-corrected chi connectivity index (χ2v) is 5.73. The minimum atomic E-state index is -0.349. The van der Waals surface area contributed by atoms with Gasteiger partial charge in [-0.25, -0.2) is 0 Å². The number of rotatable bonds is 7. The summed E-state index contributed by atoms with van der Waals surface area (Å²) in [6.45, 7) is 14.2. The fraction of sp³-hybridized carbons (Fsp3) is 0.750. The summed E-state index contributed by atoms with van der Waals surface area (Å²) in [4.78, 5) is 0. The van der Waals surface area contributed by atoms with Gasteiger partial charge in [0.05, 0.1) is 13.2 Å². The number of allylic oxidation sites excluding steroid dienone is 3. The van der Waals surface area contributed by atoms with Crippen LogP contribution in [0, 0.1) is 5.92 Å². The highest BCUT2D eigenvalue weighted by Gasteiger charge is 2.29. The molecule has 104 valence electrons. The lowest BCUT2D eigenvalue weighted by atomic mass is 9.97. The van der Waals surface area contributed by atoms with Crippen LogP contribution in [0.25, 0.3) is 0 Å². The second-order valence-electron chi connectivity index (χ2n) is 5.73. The summed E-state index contributed by atoms with van der Waals surface area (Å²) in [5.41, 5.74) is 2.79. The monoisotopic (exact) mass is 252 g/mol. The van der Waals surface area contributed by atoms with Gasteiger partial charge in [0, 0.05) is 6.42 Å². The van der Waals surface area contributed by atoms with Crippen molar-refractivity contribution in [3.8, 4) is 0 Å². The Morgan fingerprint density at radius 3 is 2.44 bits per heavy atom. The number of hydrogen-bond donors (Lipinski definition) is 0. The molecule has 1 aliphatic heterocycles. The predicted molar refractivity (Wildman–Crippen MR) is 76.5 cm³/mol. The highest BCUT2D eigenvalue weighted by molar-refractivity contribution is 5.05. The van der Waals surface area contributed by atoms with Crippen molar-refractivity contribution in [3.63, 3.8) is 0 Å². The molecule has 0 aromatic rings. The van der Waals surface area contributed by atoms with Crippen molar-refractivity contribution in [3.05, 3.63) is 23.8 Å². The largest absolute Gasteiger partial charge is 0.348 e. The van der Waals surface area contributed by atoms with E-state index in [1.807, 2.05) is 6.92 Å². The number of hydrogen-bond acceptors (Lipinski definition) is 2. The molecule has 0 bridgehead atoms.